The third-order valence-corrected chi connectivity index (χ3v) is 7.22. The fourth-order valence-electron chi connectivity index (χ4n) is 3.68. The van der Waals surface area contributed by atoms with Gasteiger partial charge in [-0.25, -0.2) is 23.1 Å². The van der Waals surface area contributed by atoms with Gasteiger partial charge in [0.05, 0.1) is 4.90 Å². The average Bonchev–Trinajstić information content (AvgIpc) is 3.62. The Balaban J connectivity index is 1.67. The zero-order valence-electron chi connectivity index (χ0n) is 19.7. The van der Waals surface area contributed by atoms with Crippen LogP contribution >= 0.6 is 0 Å². The Morgan fingerprint density at radius 1 is 1.21 bits per heavy atom. The van der Waals surface area contributed by atoms with Gasteiger partial charge in [-0.2, -0.15) is 0 Å². The summed E-state index contributed by atoms with van der Waals surface area (Å²) in [5.74, 6) is 0.335. The number of aliphatic carboxylic acids is 1. The van der Waals surface area contributed by atoms with E-state index in [2.05, 4.69) is 26.5 Å². The summed E-state index contributed by atoms with van der Waals surface area (Å²) in [5.41, 5.74) is 1.74. The van der Waals surface area contributed by atoms with E-state index < -0.39 is 16.0 Å². The van der Waals surface area contributed by atoms with Crippen LogP contribution in [-0.2, 0) is 21.2 Å². The number of carbonyl (C=O) groups is 2. The number of benzene rings is 1. The number of aromatic nitrogens is 2. The Bertz CT molecular complexity index is 1130. The minimum atomic E-state index is -3.76. The number of Topliss-reactive ketones (excluding diaryl/α,β-unsaturated/α-hetero) is 1. The highest BCUT2D eigenvalue weighted by molar-refractivity contribution is 7.89. The van der Waals surface area contributed by atoms with Gasteiger partial charge in [0, 0.05) is 38.5 Å². The molecule has 1 aromatic carbocycles. The minimum absolute atomic E-state index is 0.0414. The van der Waals surface area contributed by atoms with Crippen molar-refractivity contribution in [3.05, 3.63) is 47.4 Å². The molecule has 34 heavy (non-hydrogen) atoms. The van der Waals surface area contributed by atoms with E-state index in [1.54, 1.807) is 19.1 Å². The van der Waals surface area contributed by atoms with Crippen LogP contribution in [0.4, 0.5) is 5.82 Å². The van der Waals surface area contributed by atoms with E-state index in [0.717, 1.165) is 30.9 Å². The van der Waals surface area contributed by atoms with Gasteiger partial charge in [0.25, 0.3) is 0 Å². The predicted molar refractivity (Wildman–Crippen MR) is 129 cm³/mol. The largest absolute Gasteiger partial charge is 0.481 e. The van der Waals surface area contributed by atoms with Gasteiger partial charge in [-0.3, -0.25) is 9.59 Å². The summed E-state index contributed by atoms with van der Waals surface area (Å²) in [5, 5.41) is 8.67. The number of nitrogens with zero attached hydrogens (tertiary/aromatic N) is 3. The number of hydrogen-bond acceptors (Lipinski definition) is 7. The van der Waals surface area contributed by atoms with Crippen molar-refractivity contribution in [1.29, 1.82) is 0 Å². The maximum Gasteiger partial charge on any atom is 0.303 e. The summed E-state index contributed by atoms with van der Waals surface area (Å²) in [6.45, 7) is 5.74. The summed E-state index contributed by atoms with van der Waals surface area (Å²) in [7, 11) is -3.76. The normalized spacial score (nSPS) is 13.6. The van der Waals surface area contributed by atoms with Crippen LogP contribution in [0.3, 0.4) is 0 Å². The predicted octanol–water partition coefficient (Wildman–Crippen LogP) is 2.98. The lowest BCUT2D eigenvalue weighted by Crippen LogP contribution is -2.28. The minimum Gasteiger partial charge on any atom is -0.481 e. The first kappa shape index (κ1) is 25.8. The van der Waals surface area contributed by atoms with Gasteiger partial charge >= 0.3 is 5.97 Å². The molecule has 0 radical (unpaired) electrons. The molecule has 3 rings (SSSR count). The van der Waals surface area contributed by atoms with Gasteiger partial charge in [0.2, 0.25) is 10.0 Å². The molecule has 1 aliphatic rings. The second kappa shape index (κ2) is 11.5. The molecule has 1 saturated carbocycles. The Labute approximate surface area is 200 Å². The summed E-state index contributed by atoms with van der Waals surface area (Å²) >= 11 is 0. The molecule has 0 saturated heterocycles. The van der Waals surface area contributed by atoms with Crippen molar-refractivity contribution in [2.75, 3.05) is 24.5 Å². The van der Waals surface area contributed by atoms with E-state index in [1.807, 2.05) is 0 Å². The summed E-state index contributed by atoms with van der Waals surface area (Å²) in [6, 6.07) is 6.36. The topological polar surface area (TPSA) is 130 Å². The third-order valence-electron chi connectivity index (χ3n) is 5.77. The number of nitrogens with one attached hydrogen (secondary N) is 1. The van der Waals surface area contributed by atoms with Crippen LogP contribution in [0.25, 0.3) is 0 Å². The number of sulfonamides is 1. The summed E-state index contributed by atoms with van der Waals surface area (Å²) in [6.07, 6.45) is 5.09. The Morgan fingerprint density at radius 3 is 2.62 bits per heavy atom. The number of ketones is 1. The highest BCUT2D eigenvalue weighted by Gasteiger charge is 2.25. The molecule has 1 heterocycles. The second-order valence-electron chi connectivity index (χ2n) is 8.73. The standard InChI is InChI=1S/C24H32N4O5S/c1-3-11-28(15-18-6-7-18)23-14-21(25-16-26-23)22(29)13-19-8-9-20(12-17(19)2)34(32,33)27-10-4-5-24(30)31/h8-9,12,14,16,18,27H,3-7,10-11,13,15H2,1-2H3,(H,30,31). The highest BCUT2D eigenvalue weighted by atomic mass is 32.2. The van der Waals surface area contributed by atoms with Gasteiger partial charge in [-0.15, -0.1) is 0 Å². The van der Waals surface area contributed by atoms with Crippen molar-refractivity contribution in [3.63, 3.8) is 0 Å². The summed E-state index contributed by atoms with van der Waals surface area (Å²) in [4.78, 5) is 34.4. The Morgan fingerprint density at radius 2 is 1.97 bits per heavy atom. The van der Waals surface area contributed by atoms with Gasteiger partial charge in [0.1, 0.15) is 17.8 Å². The average molecular weight is 489 g/mol. The lowest BCUT2D eigenvalue weighted by Gasteiger charge is -2.23. The van der Waals surface area contributed by atoms with E-state index in [1.165, 1.54) is 31.3 Å². The number of aryl methyl sites for hydroxylation is 1. The monoisotopic (exact) mass is 488 g/mol. The van der Waals surface area contributed by atoms with Crippen LogP contribution in [0.15, 0.2) is 35.5 Å². The van der Waals surface area contributed by atoms with Crippen molar-refractivity contribution >= 4 is 27.6 Å². The molecule has 0 spiro atoms. The molecule has 0 aliphatic heterocycles. The quantitative estimate of drug-likeness (QED) is 0.307. The molecule has 0 unspecified atom stereocenters. The lowest BCUT2D eigenvalue weighted by atomic mass is 10.0. The van der Waals surface area contributed by atoms with Gasteiger partial charge in [0.15, 0.2) is 5.78 Å². The summed E-state index contributed by atoms with van der Waals surface area (Å²) < 4.78 is 27.4. The SMILES string of the molecule is CCCN(CC1CC1)c1cc(C(=O)Cc2ccc(S(=O)(=O)NCCCC(=O)O)cc2C)ncn1. The molecule has 1 aromatic heterocycles. The number of rotatable bonds is 14. The third kappa shape index (κ3) is 7.33. The maximum atomic E-state index is 13.0. The molecule has 0 bridgehead atoms. The number of anilines is 1. The number of hydrogen-bond donors (Lipinski definition) is 2. The molecule has 10 heteroatoms. The second-order valence-corrected chi connectivity index (χ2v) is 10.5. The van der Waals surface area contributed by atoms with E-state index in [9.17, 15) is 18.0 Å². The van der Waals surface area contributed by atoms with E-state index >= 15 is 0 Å². The molecule has 184 valence electrons. The van der Waals surface area contributed by atoms with Crippen LogP contribution in [0.1, 0.15) is 60.6 Å². The van der Waals surface area contributed by atoms with Gasteiger partial charge < -0.3 is 10.0 Å². The molecule has 0 atom stereocenters. The van der Waals surface area contributed by atoms with Gasteiger partial charge in [-0.05, 0) is 61.8 Å². The Hall–Kier alpha value is -2.85. The highest BCUT2D eigenvalue weighted by Crippen LogP contribution is 2.31. The molecular formula is C24H32N4O5S. The van der Waals surface area contributed by atoms with Crippen LogP contribution in [0.2, 0.25) is 0 Å². The van der Waals surface area contributed by atoms with Crippen LogP contribution < -0.4 is 9.62 Å². The van der Waals surface area contributed by atoms with Crippen molar-refractivity contribution in [1.82, 2.24) is 14.7 Å². The number of carbonyl (C=O) groups excluding carboxylic acids is 1. The zero-order chi connectivity index (χ0) is 24.7. The molecule has 2 aromatic rings. The first-order chi connectivity index (χ1) is 16.2. The van der Waals surface area contributed by atoms with Gasteiger partial charge in [-0.1, -0.05) is 13.0 Å². The first-order valence-electron chi connectivity index (χ1n) is 11.6. The zero-order valence-corrected chi connectivity index (χ0v) is 20.5. The molecule has 1 fully saturated rings. The fourth-order valence-corrected chi connectivity index (χ4v) is 4.84. The molecule has 0 amide bonds. The molecule has 2 N–H and O–H groups in total. The number of carboxylic acids is 1. The smallest absolute Gasteiger partial charge is 0.303 e. The van der Waals surface area contributed by atoms with Crippen LogP contribution in [-0.4, -0.2) is 54.9 Å². The fraction of sp³-hybridized carbons (Fsp3) is 0.500. The van der Waals surface area contributed by atoms with Crippen LogP contribution in [0.5, 0.6) is 0 Å². The number of carboxylic acid groups (broad SMARTS) is 1. The molecular weight excluding hydrogens is 456 g/mol. The molecule has 9 nitrogen and oxygen atoms in total. The van der Waals surface area contributed by atoms with E-state index in [-0.39, 0.29) is 36.5 Å². The lowest BCUT2D eigenvalue weighted by molar-refractivity contribution is -0.137. The molecule has 1 aliphatic carbocycles. The van der Waals surface area contributed by atoms with E-state index in [0.29, 0.717) is 17.2 Å². The van der Waals surface area contributed by atoms with Crippen LogP contribution in [0, 0.1) is 12.8 Å². The van der Waals surface area contributed by atoms with Crippen molar-refractivity contribution in [2.45, 2.75) is 57.3 Å². The van der Waals surface area contributed by atoms with Crippen molar-refractivity contribution in [3.8, 4) is 0 Å². The van der Waals surface area contributed by atoms with E-state index in [4.69, 9.17) is 5.11 Å². The first-order valence-corrected chi connectivity index (χ1v) is 13.1. The van der Waals surface area contributed by atoms with Crippen molar-refractivity contribution in [2.24, 2.45) is 5.92 Å². The maximum absolute atomic E-state index is 13.0. The Kier molecular flexibility index (Phi) is 8.73. The van der Waals surface area contributed by atoms with Crippen molar-refractivity contribution < 1.29 is 23.1 Å².